The lowest BCUT2D eigenvalue weighted by molar-refractivity contribution is 0.623. The first kappa shape index (κ1) is 31.1. The van der Waals surface area contributed by atoms with Crippen LogP contribution in [-0.4, -0.2) is 9.55 Å². The summed E-state index contributed by atoms with van der Waals surface area (Å²) in [5.74, 6) is 0.628. The van der Waals surface area contributed by atoms with Crippen LogP contribution in [0.1, 0.15) is 0 Å². The van der Waals surface area contributed by atoms with Gasteiger partial charge in [-0.25, -0.2) is 4.98 Å². The van der Waals surface area contributed by atoms with Crippen LogP contribution in [0.15, 0.2) is 205 Å². The van der Waals surface area contributed by atoms with Gasteiger partial charge in [0, 0.05) is 44.3 Å². The maximum absolute atomic E-state index is 6.58. The first-order chi connectivity index (χ1) is 27.3. The lowest BCUT2D eigenvalue weighted by atomic mass is 9.95. The van der Waals surface area contributed by atoms with Crippen molar-refractivity contribution in [2.24, 2.45) is 0 Å². The van der Waals surface area contributed by atoms with Crippen LogP contribution >= 0.6 is 0 Å². The summed E-state index contributed by atoms with van der Waals surface area (Å²) in [6.45, 7) is 0. The zero-order chi connectivity index (χ0) is 36.3. The standard InChI is InChI=1S/C51H33N3O/c1-4-14-36(15-5-1)51-52-45-31-28-35-26-24-34-25-27-37(32-44(34)49(35)50(45)55-51)41-20-10-12-22-46(41)53(38-16-6-2-7-17-38)40-29-30-43-42-21-11-13-23-47(42)54(48(43)33-40)39-18-8-3-9-19-39/h1-33H. The molecule has 0 saturated carbocycles. The molecule has 9 aromatic carbocycles. The van der Waals surface area contributed by atoms with Crippen LogP contribution in [-0.2, 0) is 0 Å². The third kappa shape index (κ3) is 5.11. The van der Waals surface area contributed by atoms with Crippen LogP contribution in [0.25, 0.3) is 82.7 Å². The van der Waals surface area contributed by atoms with E-state index >= 15 is 0 Å². The number of fused-ring (bicyclic) bond motifs is 8. The van der Waals surface area contributed by atoms with Gasteiger partial charge in [-0.3, -0.25) is 0 Å². The number of benzene rings is 9. The van der Waals surface area contributed by atoms with Crippen LogP contribution in [0.2, 0.25) is 0 Å². The molecule has 2 heterocycles. The highest BCUT2D eigenvalue weighted by Gasteiger charge is 2.21. The van der Waals surface area contributed by atoms with E-state index in [1.54, 1.807) is 0 Å². The number of hydrogen-bond donors (Lipinski definition) is 0. The molecule has 0 amide bonds. The quantitative estimate of drug-likeness (QED) is 0.162. The fourth-order valence-corrected chi connectivity index (χ4v) is 8.26. The molecule has 0 aliphatic rings. The van der Waals surface area contributed by atoms with Gasteiger partial charge in [-0.2, -0.15) is 0 Å². The molecular weight excluding hydrogens is 671 g/mol. The van der Waals surface area contributed by atoms with Crippen molar-refractivity contribution in [3.05, 3.63) is 200 Å². The summed E-state index contributed by atoms with van der Waals surface area (Å²) >= 11 is 0. The minimum atomic E-state index is 0.628. The van der Waals surface area contributed by atoms with Crippen molar-refractivity contribution >= 4 is 71.5 Å². The second-order valence-electron chi connectivity index (χ2n) is 14.0. The van der Waals surface area contributed by atoms with E-state index in [-0.39, 0.29) is 0 Å². The zero-order valence-corrected chi connectivity index (χ0v) is 29.8. The molecule has 0 atom stereocenters. The number of oxazole rings is 1. The monoisotopic (exact) mass is 703 g/mol. The van der Waals surface area contributed by atoms with E-state index in [0.29, 0.717) is 5.89 Å². The minimum Gasteiger partial charge on any atom is -0.435 e. The van der Waals surface area contributed by atoms with Gasteiger partial charge in [-0.05, 0) is 94.5 Å². The highest BCUT2D eigenvalue weighted by Crippen LogP contribution is 2.44. The highest BCUT2D eigenvalue weighted by atomic mass is 16.3. The fourth-order valence-electron chi connectivity index (χ4n) is 8.26. The molecule has 0 radical (unpaired) electrons. The Morgan fingerprint density at radius 2 is 1.13 bits per heavy atom. The molecule has 258 valence electrons. The summed E-state index contributed by atoms with van der Waals surface area (Å²) in [5, 5.41) is 6.93. The van der Waals surface area contributed by atoms with E-state index in [2.05, 4.69) is 179 Å². The molecule has 55 heavy (non-hydrogen) atoms. The third-order valence-corrected chi connectivity index (χ3v) is 10.8. The topological polar surface area (TPSA) is 34.2 Å². The molecule has 0 saturated heterocycles. The Labute approximate surface area is 317 Å². The number of hydrogen-bond acceptors (Lipinski definition) is 3. The summed E-state index contributed by atoms with van der Waals surface area (Å²) < 4.78 is 8.96. The Bertz CT molecular complexity index is 3200. The first-order valence-electron chi connectivity index (χ1n) is 18.6. The van der Waals surface area contributed by atoms with Crippen molar-refractivity contribution < 1.29 is 4.42 Å². The number of aromatic nitrogens is 2. The van der Waals surface area contributed by atoms with Gasteiger partial charge in [0.25, 0.3) is 0 Å². The lowest BCUT2D eigenvalue weighted by Gasteiger charge is -2.28. The van der Waals surface area contributed by atoms with E-state index in [0.717, 1.165) is 77.6 Å². The molecule has 0 aliphatic heterocycles. The van der Waals surface area contributed by atoms with Gasteiger partial charge in [-0.1, -0.05) is 127 Å². The number of rotatable bonds is 6. The molecule has 11 aromatic rings. The summed E-state index contributed by atoms with van der Waals surface area (Å²) in [5.41, 5.74) is 11.6. The van der Waals surface area contributed by atoms with Gasteiger partial charge in [0.15, 0.2) is 5.58 Å². The van der Waals surface area contributed by atoms with Crippen LogP contribution < -0.4 is 4.90 Å². The van der Waals surface area contributed by atoms with Crippen molar-refractivity contribution in [2.45, 2.75) is 0 Å². The minimum absolute atomic E-state index is 0.628. The van der Waals surface area contributed by atoms with E-state index < -0.39 is 0 Å². The molecule has 4 nitrogen and oxygen atoms in total. The van der Waals surface area contributed by atoms with Crippen LogP contribution in [0, 0.1) is 0 Å². The Morgan fingerprint density at radius 3 is 1.98 bits per heavy atom. The highest BCUT2D eigenvalue weighted by molar-refractivity contribution is 6.19. The van der Waals surface area contributed by atoms with Gasteiger partial charge >= 0.3 is 0 Å². The predicted octanol–water partition coefficient (Wildman–Crippen LogP) is 14.0. The SMILES string of the molecule is c1ccc(-c2nc3ccc4ccc5ccc(-c6ccccc6N(c6ccccc6)c6ccc7c8ccccc8n(-c8ccccc8)c7c6)cc5c4c3o2)cc1. The molecule has 0 fully saturated rings. The molecule has 0 aliphatic carbocycles. The Morgan fingerprint density at radius 1 is 0.455 bits per heavy atom. The molecule has 0 bridgehead atoms. The second kappa shape index (κ2) is 12.6. The van der Waals surface area contributed by atoms with E-state index in [1.807, 2.05) is 30.3 Å². The van der Waals surface area contributed by atoms with Crippen LogP contribution in [0.3, 0.4) is 0 Å². The average Bonchev–Trinajstić information content (AvgIpc) is 3.84. The van der Waals surface area contributed by atoms with Crippen molar-refractivity contribution in [2.75, 3.05) is 4.90 Å². The summed E-state index contributed by atoms with van der Waals surface area (Å²) in [6, 6.07) is 71.1. The average molecular weight is 704 g/mol. The maximum Gasteiger partial charge on any atom is 0.227 e. The van der Waals surface area contributed by atoms with E-state index in [9.17, 15) is 0 Å². The van der Waals surface area contributed by atoms with Crippen molar-refractivity contribution in [3.63, 3.8) is 0 Å². The summed E-state index contributed by atoms with van der Waals surface area (Å²) in [7, 11) is 0. The molecule has 2 aromatic heterocycles. The Balaban J connectivity index is 1.12. The largest absolute Gasteiger partial charge is 0.435 e. The molecule has 0 N–H and O–H groups in total. The Hall–Kier alpha value is -7.43. The van der Waals surface area contributed by atoms with Crippen LogP contribution in [0.4, 0.5) is 17.1 Å². The Kier molecular flexibility index (Phi) is 7.14. The first-order valence-corrected chi connectivity index (χ1v) is 18.6. The van der Waals surface area contributed by atoms with Gasteiger partial charge in [0.2, 0.25) is 5.89 Å². The molecule has 0 unspecified atom stereocenters. The number of anilines is 3. The van der Waals surface area contributed by atoms with Crippen molar-refractivity contribution in [1.82, 2.24) is 9.55 Å². The number of nitrogens with zero attached hydrogens (tertiary/aromatic N) is 3. The van der Waals surface area contributed by atoms with E-state index in [1.165, 1.54) is 16.3 Å². The fraction of sp³-hybridized carbons (Fsp3) is 0. The lowest BCUT2D eigenvalue weighted by Crippen LogP contribution is -2.11. The van der Waals surface area contributed by atoms with Gasteiger partial charge < -0.3 is 13.9 Å². The van der Waals surface area contributed by atoms with Gasteiger partial charge in [0.05, 0.1) is 16.7 Å². The van der Waals surface area contributed by atoms with Gasteiger partial charge in [0.1, 0.15) is 5.52 Å². The summed E-state index contributed by atoms with van der Waals surface area (Å²) in [4.78, 5) is 7.30. The molecular formula is C51H33N3O. The van der Waals surface area contributed by atoms with E-state index in [4.69, 9.17) is 9.40 Å². The molecule has 11 rings (SSSR count). The number of para-hydroxylation sites is 4. The van der Waals surface area contributed by atoms with Crippen LogP contribution in [0.5, 0.6) is 0 Å². The molecule has 4 heteroatoms. The van der Waals surface area contributed by atoms with Crippen molar-refractivity contribution in [1.29, 1.82) is 0 Å². The zero-order valence-electron chi connectivity index (χ0n) is 29.8. The predicted molar refractivity (Wildman–Crippen MR) is 229 cm³/mol. The van der Waals surface area contributed by atoms with Gasteiger partial charge in [-0.15, -0.1) is 0 Å². The second-order valence-corrected chi connectivity index (χ2v) is 14.0. The third-order valence-electron chi connectivity index (χ3n) is 10.8. The molecule has 0 spiro atoms. The summed E-state index contributed by atoms with van der Waals surface area (Å²) in [6.07, 6.45) is 0. The normalized spacial score (nSPS) is 11.6. The smallest absolute Gasteiger partial charge is 0.227 e. The van der Waals surface area contributed by atoms with Crippen molar-refractivity contribution in [3.8, 4) is 28.3 Å². The maximum atomic E-state index is 6.58.